The zero-order valence-corrected chi connectivity index (χ0v) is 10.0. The maximum atomic E-state index is 10.5. The molecule has 0 aromatic carbocycles. The van der Waals surface area contributed by atoms with Gasteiger partial charge in [0.2, 0.25) is 0 Å². The van der Waals surface area contributed by atoms with Crippen molar-refractivity contribution in [3.8, 4) is 0 Å². The summed E-state index contributed by atoms with van der Waals surface area (Å²) < 4.78 is 0. The van der Waals surface area contributed by atoms with Gasteiger partial charge < -0.3 is 10.4 Å². The number of aliphatic hydroxyl groups is 1. The molecule has 1 rings (SSSR count). The van der Waals surface area contributed by atoms with Gasteiger partial charge in [-0.25, -0.2) is 0 Å². The first-order chi connectivity index (χ1) is 6.49. The molecular formula is C12H25NO. The van der Waals surface area contributed by atoms with E-state index in [1.807, 2.05) is 0 Å². The standard InChI is InChI=1S/C12H25NO/c1-5-13-11(4)12(14)7-6-9(2)10(3)8-12/h9-11,13-14H,5-8H2,1-4H3. The van der Waals surface area contributed by atoms with Gasteiger partial charge in [-0.3, -0.25) is 0 Å². The summed E-state index contributed by atoms with van der Waals surface area (Å²) in [6.45, 7) is 9.68. The predicted molar refractivity (Wildman–Crippen MR) is 60.3 cm³/mol. The van der Waals surface area contributed by atoms with Crippen molar-refractivity contribution in [2.75, 3.05) is 6.54 Å². The predicted octanol–water partition coefficient (Wildman–Crippen LogP) is 2.17. The van der Waals surface area contributed by atoms with Crippen LogP contribution in [0.4, 0.5) is 0 Å². The van der Waals surface area contributed by atoms with Gasteiger partial charge in [0.15, 0.2) is 0 Å². The Labute approximate surface area is 88.1 Å². The molecule has 0 amide bonds. The van der Waals surface area contributed by atoms with E-state index in [1.54, 1.807) is 0 Å². The van der Waals surface area contributed by atoms with E-state index < -0.39 is 5.60 Å². The van der Waals surface area contributed by atoms with Crippen LogP contribution in [0.3, 0.4) is 0 Å². The van der Waals surface area contributed by atoms with Crippen molar-refractivity contribution < 1.29 is 5.11 Å². The molecule has 0 aromatic heterocycles. The Kier molecular flexibility index (Phi) is 3.96. The van der Waals surface area contributed by atoms with Gasteiger partial charge in [-0.15, -0.1) is 0 Å². The molecule has 2 nitrogen and oxygen atoms in total. The highest BCUT2D eigenvalue weighted by molar-refractivity contribution is 4.94. The lowest BCUT2D eigenvalue weighted by Crippen LogP contribution is -2.52. The summed E-state index contributed by atoms with van der Waals surface area (Å²) in [4.78, 5) is 0. The van der Waals surface area contributed by atoms with Gasteiger partial charge >= 0.3 is 0 Å². The zero-order chi connectivity index (χ0) is 10.8. The van der Waals surface area contributed by atoms with Crippen molar-refractivity contribution in [1.29, 1.82) is 0 Å². The summed E-state index contributed by atoms with van der Waals surface area (Å²) in [5, 5.41) is 13.8. The summed E-state index contributed by atoms with van der Waals surface area (Å²) >= 11 is 0. The summed E-state index contributed by atoms with van der Waals surface area (Å²) in [5.74, 6) is 1.42. The van der Waals surface area contributed by atoms with Crippen molar-refractivity contribution in [1.82, 2.24) is 5.32 Å². The molecule has 14 heavy (non-hydrogen) atoms. The fourth-order valence-electron chi connectivity index (χ4n) is 2.51. The van der Waals surface area contributed by atoms with E-state index in [9.17, 15) is 5.11 Å². The van der Waals surface area contributed by atoms with Gasteiger partial charge in [-0.05, 0) is 44.6 Å². The van der Waals surface area contributed by atoms with Crippen LogP contribution >= 0.6 is 0 Å². The minimum atomic E-state index is -0.470. The molecule has 0 saturated heterocycles. The molecule has 84 valence electrons. The summed E-state index contributed by atoms with van der Waals surface area (Å²) in [5.41, 5.74) is -0.470. The number of rotatable bonds is 3. The normalized spacial score (nSPS) is 40.9. The average Bonchev–Trinajstić information content (AvgIpc) is 2.13. The Balaban J connectivity index is 2.57. The minimum absolute atomic E-state index is 0.224. The molecule has 0 aliphatic heterocycles. The molecule has 0 spiro atoms. The summed E-state index contributed by atoms with van der Waals surface area (Å²) in [7, 11) is 0. The smallest absolute Gasteiger partial charge is 0.0800 e. The molecule has 4 unspecified atom stereocenters. The highest BCUT2D eigenvalue weighted by atomic mass is 16.3. The van der Waals surface area contributed by atoms with Crippen molar-refractivity contribution in [2.45, 2.75) is 58.6 Å². The Morgan fingerprint density at radius 2 is 2.07 bits per heavy atom. The van der Waals surface area contributed by atoms with Crippen LogP contribution < -0.4 is 5.32 Å². The van der Waals surface area contributed by atoms with Gasteiger partial charge in [-0.2, -0.15) is 0 Å². The molecule has 0 bridgehead atoms. The van der Waals surface area contributed by atoms with Crippen LogP contribution in [-0.2, 0) is 0 Å². The third-order valence-corrected chi connectivity index (χ3v) is 4.00. The summed E-state index contributed by atoms with van der Waals surface area (Å²) in [6.07, 6.45) is 3.06. The Morgan fingerprint density at radius 1 is 1.43 bits per heavy atom. The van der Waals surface area contributed by atoms with Crippen molar-refractivity contribution in [2.24, 2.45) is 11.8 Å². The van der Waals surface area contributed by atoms with Crippen LogP contribution in [0.2, 0.25) is 0 Å². The number of hydrogen-bond acceptors (Lipinski definition) is 2. The van der Waals surface area contributed by atoms with E-state index in [1.165, 1.54) is 0 Å². The van der Waals surface area contributed by atoms with Crippen molar-refractivity contribution >= 4 is 0 Å². The lowest BCUT2D eigenvalue weighted by Gasteiger charge is -2.43. The fraction of sp³-hybridized carbons (Fsp3) is 1.00. The number of hydrogen-bond donors (Lipinski definition) is 2. The molecule has 1 fully saturated rings. The first-order valence-electron chi connectivity index (χ1n) is 5.95. The van der Waals surface area contributed by atoms with E-state index in [4.69, 9.17) is 0 Å². The molecule has 1 aliphatic carbocycles. The van der Waals surface area contributed by atoms with Crippen LogP contribution in [0.5, 0.6) is 0 Å². The maximum absolute atomic E-state index is 10.5. The number of nitrogens with one attached hydrogen (secondary N) is 1. The first kappa shape index (κ1) is 12.0. The lowest BCUT2D eigenvalue weighted by molar-refractivity contribution is -0.0527. The molecular weight excluding hydrogens is 174 g/mol. The van der Waals surface area contributed by atoms with Gasteiger partial charge in [-0.1, -0.05) is 20.8 Å². The van der Waals surface area contributed by atoms with E-state index >= 15 is 0 Å². The third-order valence-electron chi connectivity index (χ3n) is 4.00. The molecule has 0 aromatic rings. The SMILES string of the molecule is CCNC(C)C1(O)CCC(C)C(C)C1. The quantitative estimate of drug-likeness (QED) is 0.730. The lowest BCUT2D eigenvalue weighted by atomic mass is 9.70. The Hall–Kier alpha value is -0.0800. The molecule has 1 saturated carbocycles. The van der Waals surface area contributed by atoms with E-state index in [2.05, 4.69) is 33.0 Å². The second kappa shape index (κ2) is 4.63. The fourth-order valence-corrected chi connectivity index (χ4v) is 2.51. The van der Waals surface area contributed by atoms with Crippen molar-refractivity contribution in [3.05, 3.63) is 0 Å². The molecule has 0 radical (unpaired) electrons. The van der Waals surface area contributed by atoms with Gasteiger partial charge in [0.25, 0.3) is 0 Å². The largest absolute Gasteiger partial charge is 0.388 e. The molecule has 4 atom stereocenters. The Morgan fingerprint density at radius 3 is 2.57 bits per heavy atom. The Bertz CT molecular complexity index is 183. The third kappa shape index (κ3) is 2.48. The monoisotopic (exact) mass is 199 g/mol. The van der Waals surface area contributed by atoms with Gasteiger partial charge in [0, 0.05) is 6.04 Å². The molecule has 2 heteroatoms. The molecule has 2 N–H and O–H groups in total. The second-order valence-electron chi connectivity index (χ2n) is 5.08. The minimum Gasteiger partial charge on any atom is -0.388 e. The van der Waals surface area contributed by atoms with Crippen LogP contribution in [0.1, 0.15) is 47.0 Å². The van der Waals surface area contributed by atoms with E-state index in [-0.39, 0.29) is 6.04 Å². The van der Waals surface area contributed by atoms with Crippen LogP contribution in [0, 0.1) is 11.8 Å². The first-order valence-corrected chi connectivity index (χ1v) is 5.95. The van der Waals surface area contributed by atoms with E-state index in [0.29, 0.717) is 5.92 Å². The topological polar surface area (TPSA) is 32.3 Å². The van der Waals surface area contributed by atoms with Crippen LogP contribution in [0.25, 0.3) is 0 Å². The van der Waals surface area contributed by atoms with Gasteiger partial charge in [0.05, 0.1) is 5.60 Å². The van der Waals surface area contributed by atoms with Crippen LogP contribution in [0.15, 0.2) is 0 Å². The van der Waals surface area contributed by atoms with E-state index in [0.717, 1.165) is 31.7 Å². The van der Waals surface area contributed by atoms with Crippen LogP contribution in [-0.4, -0.2) is 23.3 Å². The van der Waals surface area contributed by atoms with Gasteiger partial charge in [0.1, 0.15) is 0 Å². The maximum Gasteiger partial charge on any atom is 0.0800 e. The molecule has 0 heterocycles. The highest BCUT2D eigenvalue weighted by Crippen LogP contribution is 2.37. The zero-order valence-electron chi connectivity index (χ0n) is 10.0. The highest BCUT2D eigenvalue weighted by Gasteiger charge is 2.39. The number of likely N-dealkylation sites (N-methyl/N-ethyl adjacent to an activating group) is 1. The van der Waals surface area contributed by atoms with Crippen molar-refractivity contribution in [3.63, 3.8) is 0 Å². The molecule has 1 aliphatic rings. The average molecular weight is 199 g/mol. The second-order valence-corrected chi connectivity index (χ2v) is 5.08. The summed E-state index contributed by atoms with van der Waals surface area (Å²) in [6, 6.07) is 0.224.